The van der Waals surface area contributed by atoms with Gasteiger partial charge < -0.3 is 0 Å². The Hall–Kier alpha value is -2.18. The molecule has 0 aliphatic heterocycles. The minimum Gasteiger partial charge on any atom is -0.292 e. The molecule has 2 aromatic carbocycles. The third kappa shape index (κ3) is 2.71. The van der Waals surface area contributed by atoms with Gasteiger partial charge >= 0.3 is 0 Å². The fourth-order valence-corrected chi connectivity index (χ4v) is 2.29. The van der Waals surface area contributed by atoms with Crippen LogP contribution >= 0.6 is 11.6 Å². The molecule has 2 aromatic rings. The van der Waals surface area contributed by atoms with E-state index in [1.165, 1.54) is 6.07 Å². The summed E-state index contributed by atoms with van der Waals surface area (Å²) in [5, 5.41) is 9.31. The minimum absolute atomic E-state index is 0.0174. The van der Waals surface area contributed by atoms with Gasteiger partial charge in [-0.05, 0) is 36.2 Å². The molecule has 100 valence electrons. The summed E-state index contributed by atoms with van der Waals surface area (Å²) >= 11 is 5.88. The zero-order valence-corrected chi connectivity index (χ0v) is 11.5. The van der Waals surface area contributed by atoms with Gasteiger partial charge in [-0.1, -0.05) is 35.9 Å². The van der Waals surface area contributed by atoms with E-state index in [0.29, 0.717) is 5.56 Å². The van der Waals surface area contributed by atoms with Gasteiger partial charge in [0, 0.05) is 5.56 Å². The number of nitriles is 1. The topological polar surface area (TPSA) is 40.9 Å². The largest absolute Gasteiger partial charge is 0.292 e. The van der Waals surface area contributed by atoms with Crippen molar-refractivity contribution in [3.8, 4) is 6.07 Å². The fourth-order valence-electron chi connectivity index (χ4n) is 2.02. The molecule has 0 bridgehead atoms. The Morgan fingerprint density at radius 1 is 1.30 bits per heavy atom. The van der Waals surface area contributed by atoms with Crippen LogP contribution in [0.4, 0.5) is 4.39 Å². The van der Waals surface area contributed by atoms with Crippen molar-refractivity contribution < 1.29 is 9.18 Å². The van der Waals surface area contributed by atoms with E-state index in [0.717, 1.165) is 17.7 Å². The Kier molecular flexibility index (Phi) is 4.16. The predicted molar refractivity (Wildman–Crippen MR) is 75.3 cm³/mol. The van der Waals surface area contributed by atoms with Crippen LogP contribution in [0.1, 0.15) is 27.4 Å². The summed E-state index contributed by atoms with van der Waals surface area (Å²) in [5.41, 5.74) is 1.65. The Morgan fingerprint density at radius 2 is 2.00 bits per heavy atom. The van der Waals surface area contributed by atoms with Crippen LogP contribution in [0.25, 0.3) is 0 Å². The van der Waals surface area contributed by atoms with E-state index in [-0.39, 0.29) is 10.6 Å². The van der Waals surface area contributed by atoms with E-state index in [1.807, 2.05) is 25.1 Å². The smallest absolute Gasteiger partial charge is 0.185 e. The Balaban J connectivity index is 2.45. The van der Waals surface area contributed by atoms with Crippen LogP contribution < -0.4 is 0 Å². The first-order valence-electron chi connectivity index (χ1n) is 5.99. The zero-order valence-electron chi connectivity index (χ0n) is 10.7. The van der Waals surface area contributed by atoms with Gasteiger partial charge in [0.2, 0.25) is 0 Å². The van der Waals surface area contributed by atoms with Gasteiger partial charge in [0.05, 0.1) is 11.1 Å². The van der Waals surface area contributed by atoms with E-state index in [1.54, 1.807) is 12.1 Å². The van der Waals surface area contributed by atoms with Gasteiger partial charge in [-0.25, -0.2) is 4.39 Å². The molecule has 0 fully saturated rings. The maximum absolute atomic E-state index is 13.0. The highest BCUT2D eigenvalue weighted by molar-refractivity contribution is 6.34. The zero-order chi connectivity index (χ0) is 14.7. The third-order valence-electron chi connectivity index (χ3n) is 3.09. The van der Waals surface area contributed by atoms with Crippen LogP contribution in [0.15, 0.2) is 42.5 Å². The summed E-state index contributed by atoms with van der Waals surface area (Å²) in [6.45, 7) is 1.83. The molecule has 1 unspecified atom stereocenters. The molecule has 0 aliphatic carbocycles. The fraction of sp³-hybridized carbons (Fsp3) is 0.125. The third-order valence-corrected chi connectivity index (χ3v) is 3.40. The van der Waals surface area contributed by atoms with Gasteiger partial charge in [-0.15, -0.1) is 0 Å². The van der Waals surface area contributed by atoms with Crippen LogP contribution in [0.3, 0.4) is 0 Å². The number of ketones is 1. The second-order valence-corrected chi connectivity index (χ2v) is 4.81. The van der Waals surface area contributed by atoms with Crippen molar-refractivity contribution in [3.63, 3.8) is 0 Å². The molecule has 0 aromatic heterocycles. The number of carbonyl (C=O) groups excluding carboxylic acids is 1. The Labute approximate surface area is 121 Å². The van der Waals surface area contributed by atoms with Crippen LogP contribution in [-0.2, 0) is 0 Å². The van der Waals surface area contributed by atoms with Gasteiger partial charge in [0.25, 0.3) is 0 Å². The van der Waals surface area contributed by atoms with Gasteiger partial charge in [-0.3, -0.25) is 4.79 Å². The number of aryl methyl sites for hydroxylation is 1. The van der Waals surface area contributed by atoms with Crippen molar-refractivity contribution >= 4 is 17.4 Å². The molecule has 0 saturated heterocycles. The lowest BCUT2D eigenvalue weighted by Crippen LogP contribution is -2.13. The lowest BCUT2D eigenvalue weighted by molar-refractivity contribution is 0.0978. The first-order valence-corrected chi connectivity index (χ1v) is 6.37. The highest BCUT2D eigenvalue weighted by atomic mass is 35.5. The molecule has 2 rings (SSSR count). The average molecular weight is 288 g/mol. The standard InChI is InChI=1S/C16H11ClFNO/c1-10-4-2-3-5-12(10)14(9-19)16(20)13-7-6-11(18)8-15(13)17/h2-8,14H,1H3. The van der Waals surface area contributed by atoms with Crippen molar-refractivity contribution in [1.82, 2.24) is 0 Å². The molecule has 2 nitrogen and oxygen atoms in total. The molecule has 0 radical (unpaired) electrons. The summed E-state index contributed by atoms with van der Waals surface area (Å²) in [4.78, 5) is 12.4. The van der Waals surface area contributed by atoms with Crippen molar-refractivity contribution in [2.24, 2.45) is 0 Å². The molecular weight excluding hydrogens is 277 g/mol. The molecule has 0 N–H and O–H groups in total. The quantitative estimate of drug-likeness (QED) is 0.791. The molecule has 0 aliphatic rings. The van der Waals surface area contributed by atoms with E-state index in [9.17, 15) is 14.4 Å². The Bertz CT molecular complexity index is 706. The first kappa shape index (κ1) is 14.2. The number of Topliss-reactive ketones (excluding diaryl/α,β-unsaturated/α-hetero) is 1. The number of halogens is 2. The summed E-state index contributed by atoms with van der Waals surface area (Å²) in [6.07, 6.45) is 0. The normalized spacial score (nSPS) is 11.7. The number of hydrogen-bond donors (Lipinski definition) is 0. The van der Waals surface area contributed by atoms with Gasteiger partial charge in [-0.2, -0.15) is 5.26 Å². The van der Waals surface area contributed by atoms with E-state index in [4.69, 9.17) is 11.6 Å². The van der Waals surface area contributed by atoms with Crippen LogP contribution in [0, 0.1) is 24.1 Å². The van der Waals surface area contributed by atoms with Crippen molar-refractivity contribution in [2.45, 2.75) is 12.8 Å². The number of rotatable bonds is 3. The lowest BCUT2D eigenvalue weighted by atomic mass is 9.89. The van der Waals surface area contributed by atoms with Crippen molar-refractivity contribution in [1.29, 1.82) is 5.26 Å². The van der Waals surface area contributed by atoms with E-state index in [2.05, 4.69) is 0 Å². The molecule has 0 spiro atoms. The summed E-state index contributed by atoms with van der Waals surface area (Å²) in [6, 6.07) is 12.7. The number of nitrogens with zero attached hydrogens (tertiary/aromatic N) is 1. The minimum atomic E-state index is -0.945. The molecular formula is C16H11ClFNO. The highest BCUT2D eigenvalue weighted by Crippen LogP contribution is 2.27. The van der Waals surface area contributed by atoms with Crippen molar-refractivity contribution in [3.05, 3.63) is 70.0 Å². The maximum Gasteiger partial charge on any atom is 0.185 e. The molecule has 0 amide bonds. The predicted octanol–water partition coefficient (Wildman–Crippen LogP) is 4.28. The molecule has 20 heavy (non-hydrogen) atoms. The monoisotopic (exact) mass is 287 g/mol. The second-order valence-electron chi connectivity index (χ2n) is 4.41. The molecule has 1 atom stereocenters. The average Bonchev–Trinajstić information content (AvgIpc) is 2.41. The lowest BCUT2D eigenvalue weighted by Gasteiger charge is -2.12. The summed E-state index contributed by atoms with van der Waals surface area (Å²) in [7, 11) is 0. The SMILES string of the molecule is Cc1ccccc1C(C#N)C(=O)c1ccc(F)cc1Cl. The first-order chi connectivity index (χ1) is 9.54. The molecule has 0 heterocycles. The number of carbonyl (C=O) groups is 1. The van der Waals surface area contributed by atoms with Crippen LogP contribution in [0.5, 0.6) is 0 Å². The van der Waals surface area contributed by atoms with E-state index >= 15 is 0 Å². The molecule has 4 heteroatoms. The maximum atomic E-state index is 13.0. The van der Waals surface area contributed by atoms with Gasteiger partial charge in [0.15, 0.2) is 5.78 Å². The van der Waals surface area contributed by atoms with Crippen LogP contribution in [0.2, 0.25) is 5.02 Å². The number of benzene rings is 2. The van der Waals surface area contributed by atoms with Gasteiger partial charge in [0.1, 0.15) is 11.7 Å². The van der Waals surface area contributed by atoms with E-state index < -0.39 is 17.5 Å². The molecule has 0 saturated carbocycles. The Morgan fingerprint density at radius 3 is 2.60 bits per heavy atom. The number of hydrogen-bond acceptors (Lipinski definition) is 2. The summed E-state index contributed by atoms with van der Waals surface area (Å²) in [5.74, 6) is -1.89. The second kappa shape index (κ2) is 5.85. The summed E-state index contributed by atoms with van der Waals surface area (Å²) < 4.78 is 13.0. The highest BCUT2D eigenvalue weighted by Gasteiger charge is 2.24. The van der Waals surface area contributed by atoms with Crippen molar-refractivity contribution in [2.75, 3.05) is 0 Å². The van der Waals surface area contributed by atoms with Crippen LogP contribution in [-0.4, -0.2) is 5.78 Å².